The van der Waals surface area contributed by atoms with E-state index < -0.39 is 17.3 Å². The molecule has 2 aliphatic heterocycles. The van der Waals surface area contributed by atoms with Gasteiger partial charge in [-0.1, -0.05) is 12.1 Å². The molecule has 2 atom stereocenters. The third-order valence-corrected chi connectivity index (χ3v) is 5.11. The maximum absolute atomic E-state index is 13.8. The Labute approximate surface area is 143 Å². The van der Waals surface area contributed by atoms with Gasteiger partial charge in [0.1, 0.15) is 22.8 Å². The molecular formula is C18H17FN2O4. The smallest absolute Gasteiger partial charge is 0.313 e. The molecule has 0 spiro atoms. The summed E-state index contributed by atoms with van der Waals surface area (Å²) in [5, 5.41) is 12.2. The number of carboxylic acids is 1. The Balaban J connectivity index is 1.52. The van der Waals surface area contributed by atoms with E-state index in [1.54, 1.807) is 30.3 Å². The molecule has 0 bridgehead atoms. The minimum absolute atomic E-state index is 0.154. The first-order valence-electron chi connectivity index (χ1n) is 8.07. The number of halogens is 1. The molecule has 1 aromatic carbocycles. The normalized spacial score (nSPS) is 25.8. The number of hydrogen-bond donors (Lipinski definition) is 2. The summed E-state index contributed by atoms with van der Waals surface area (Å²) in [4.78, 5) is 25.5. The lowest BCUT2D eigenvalue weighted by molar-refractivity contribution is -0.149. The number of benzene rings is 1. The molecule has 0 radical (unpaired) electrons. The van der Waals surface area contributed by atoms with Gasteiger partial charge in [0.15, 0.2) is 0 Å². The Bertz CT molecular complexity index is 849. The highest BCUT2D eigenvalue weighted by Crippen LogP contribution is 2.40. The van der Waals surface area contributed by atoms with E-state index in [9.17, 15) is 19.1 Å². The number of furan rings is 1. The number of aliphatic carboxylic acids is 1. The van der Waals surface area contributed by atoms with E-state index in [4.69, 9.17) is 4.42 Å². The molecule has 0 aliphatic carbocycles. The van der Waals surface area contributed by atoms with Crippen molar-refractivity contribution in [3.63, 3.8) is 0 Å². The van der Waals surface area contributed by atoms with Gasteiger partial charge in [-0.2, -0.15) is 0 Å². The first-order valence-corrected chi connectivity index (χ1v) is 8.07. The summed E-state index contributed by atoms with van der Waals surface area (Å²) >= 11 is 0. The van der Waals surface area contributed by atoms with Gasteiger partial charge in [-0.25, -0.2) is 4.39 Å². The number of likely N-dealkylation sites (tertiary alicyclic amines) is 1. The molecule has 1 amide bonds. The van der Waals surface area contributed by atoms with Crippen molar-refractivity contribution in [2.45, 2.75) is 6.54 Å². The van der Waals surface area contributed by atoms with Crippen molar-refractivity contribution >= 4 is 11.9 Å². The highest BCUT2D eigenvalue weighted by molar-refractivity contribution is 5.92. The van der Waals surface area contributed by atoms with E-state index in [0.717, 1.165) is 0 Å². The van der Waals surface area contributed by atoms with Crippen LogP contribution in [0.15, 0.2) is 40.8 Å². The Kier molecular flexibility index (Phi) is 3.61. The van der Waals surface area contributed by atoms with Crippen LogP contribution in [0.5, 0.6) is 0 Å². The Morgan fingerprint density at radius 2 is 2.16 bits per heavy atom. The number of carboxylic acid groups (broad SMARTS) is 1. The molecule has 4 rings (SSSR count). The van der Waals surface area contributed by atoms with Crippen molar-refractivity contribution in [1.82, 2.24) is 10.2 Å². The molecule has 130 valence electrons. The van der Waals surface area contributed by atoms with Crippen LogP contribution in [0, 0.1) is 17.2 Å². The number of amides is 1. The van der Waals surface area contributed by atoms with Crippen molar-refractivity contribution < 1.29 is 23.5 Å². The van der Waals surface area contributed by atoms with Crippen molar-refractivity contribution in [1.29, 1.82) is 0 Å². The maximum Gasteiger partial charge on any atom is 0.313 e. The van der Waals surface area contributed by atoms with Gasteiger partial charge in [-0.15, -0.1) is 0 Å². The van der Waals surface area contributed by atoms with Crippen LogP contribution >= 0.6 is 0 Å². The van der Waals surface area contributed by atoms with Gasteiger partial charge in [-0.05, 0) is 24.3 Å². The molecule has 2 fully saturated rings. The Morgan fingerprint density at radius 1 is 1.36 bits per heavy atom. The van der Waals surface area contributed by atoms with Crippen molar-refractivity contribution in [2.24, 2.45) is 11.3 Å². The SMILES string of the molecule is O=C1NC[C@]2(C(=O)O)CN(Cc3ccc(-c4ccccc4F)o3)C[C@H]12. The fourth-order valence-electron chi connectivity index (χ4n) is 3.79. The van der Waals surface area contributed by atoms with Gasteiger partial charge in [0.25, 0.3) is 0 Å². The molecule has 0 unspecified atom stereocenters. The summed E-state index contributed by atoms with van der Waals surface area (Å²) in [6.07, 6.45) is 0. The van der Waals surface area contributed by atoms with E-state index in [1.807, 2.05) is 4.90 Å². The first kappa shape index (κ1) is 15.8. The number of nitrogens with one attached hydrogen (secondary N) is 1. The van der Waals surface area contributed by atoms with Crippen LogP contribution in [-0.4, -0.2) is 41.5 Å². The second-order valence-corrected chi connectivity index (χ2v) is 6.65. The van der Waals surface area contributed by atoms with E-state index in [2.05, 4.69) is 5.32 Å². The van der Waals surface area contributed by atoms with Crippen LogP contribution in [0.4, 0.5) is 4.39 Å². The number of nitrogens with zero attached hydrogens (tertiary/aromatic N) is 1. The van der Waals surface area contributed by atoms with E-state index in [0.29, 0.717) is 30.2 Å². The molecule has 0 saturated carbocycles. The van der Waals surface area contributed by atoms with Gasteiger partial charge < -0.3 is 14.8 Å². The van der Waals surface area contributed by atoms with Crippen LogP contribution < -0.4 is 5.32 Å². The molecule has 7 heteroatoms. The predicted octanol–water partition coefficient (Wildman–Crippen LogP) is 1.72. The molecule has 2 aromatic rings. The monoisotopic (exact) mass is 344 g/mol. The quantitative estimate of drug-likeness (QED) is 0.882. The topological polar surface area (TPSA) is 82.8 Å². The summed E-state index contributed by atoms with van der Waals surface area (Å²) in [5.41, 5.74) is -0.689. The first-order chi connectivity index (χ1) is 12.0. The molecule has 25 heavy (non-hydrogen) atoms. The van der Waals surface area contributed by atoms with Crippen molar-refractivity contribution in [2.75, 3.05) is 19.6 Å². The zero-order valence-electron chi connectivity index (χ0n) is 13.4. The van der Waals surface area contributed by atoms with Crippen LogP contribution in [0.25, 0.3) is 11.3 Å². The molecule has 6 nitrogen and oxygen atoms in total. The summed E-state index contributed by atoms with van der Waals surface area (Å²) in [6.45, 7) is 1.18. The zero-order chi connectivity index (χ0) is 17.6. The lowest BCUT2D eigenvalue weighted by Gasteiger charge is -2.21. The second kappa shape index (κ2) is 5.70. The summed E-state index contributed by atoms with van der Waals surface area (Å²) in [7, 11) is 0. The lowest BCUT2D eigenvalue weighted by atomic mass is 9.81. The number of hydrogen-bond acceptors (Lipinski definition) is 4. The minimum atomic E-state index is -1.07. The van der Waals surface area contributed by atoms with Crippen molar-refractivity contribution in [3.8, 4) is 11.3 Å². The van der Waals surface area contributed by atoms with Gasteiger partial charge in [0.2, 0.25) is 5.91 Å². The van der Waals surface area contributed by atoms with Crippen molar-refractivity contribution in [3.05, 3.63) is 48.0 Å². The van der Waals surface area contributed by atoms with Gasteiger partial charge >= 0.3 is 5.97 Å². The molecule has 2 aliphatic rings. The predicted molar refractivity (Wildman–Crippen MR) is 85.9 cm³/mol. The molecule has 1 aromatic heterocycles. The summed E-state index contributed by atoms with van der Waals surface area (Å²) < 4.78 is 19.6. The number of carbonyl (C=O) groups excluding carboxylic acids is 1. The summed E-state index contributed by atoms with van der Waals surface area (Å²) in [5.74, 6) is -1.04. The van der Waals surface area contributed by atoms with Crippen LogP contribution in [0.2, 0.25) is 0 Å². The highest BCUT2D eigenvalue weighted by Gasteiger charge is 2.59. The van der Waals surface area contributed by atoms with E-state index in [1.165, 1.54) is 6.07 Å². The number of carbonyl (C=O) groups is 2. The Morgan fingerprint density at radius 3 is 2.88 bits per heavy atom. The molecule has 2 saturated heterocycles. The minimum Gasteiger partial charge on any atom is -0.481 e. The van der Waals surface area contributed by atoms with Gasteiger partial charge in [0, 0.05) is 19.6 Å². The third-order valence-electron chi connectivity index (χ3n) is 5.11. The Hall–Kier alpha value is -2.67. The highest BCUT2D eigenvalue weighted by atomic mass is 19.1. The molecule has 2 N–H and O–H groups in total. The van der Waals surface area contributed by atoms with Crippen LogP contribution in [-0.2, 0) is 16.1 Å². The maximum atomic E-state index is 13.8. The lowest BCUT2D eigenvalue weighted by Crippen LogP contribution is -2.40. The molecular weight excluding hydrogens is 327 g/mol. The number of fused-ring (bicyclic) bond motifs is 1. The second-order valence-electron chi connectivity index (χ2n) is 6.65. The molecule has 3 heterocycles. The fourth-order valence-corrected chi connectivity index (χ4v) is 3.79. The fraction of sp³-hybridized carbons (Fsp3) is 0.333. The average Bonchev–Trinajstić information content (AvgIpc) is 3.25. The zero-order valence-corrected chi connectivity index (χ0v) is 13.4. The largest absolute Gasteiger partial charge is 0.481 e. The summed E-state index contributed by atoms with van der Waals surface area (Å²) in [6, 6.07) is 9.81. The van der Waals surface area contributed by atoms with E-state index >= 15 is 0 Å². The number of rotatable bonds is 4. The van der Waals surface area contributed by atoms with Gasteiger partial charge in [-0.3, -0.25) is 14.5 Å². The van der Waals surface area contributed by atoms with Crippen LogP contribution in [0.1, 0.15) is 5.76 Å². The van der Waals surface area contributed by atoms with E-state index in [-0.39, 0.29) is 24.8 Å². The van der Waals surface area contributed by atoms with Gasteiger partial charge in [0.05, 0.1) is 18.0 Å². The third kappa shape index (κ3) is 2.51. The van der Waals surface area contributed by atoms with Crippen LogP contribution in [0.3, 0.4) is 0 Å². The standard InChI is InChI=1S/C18H17FN2O4/c19-14-4-2-1-3-12(14)15-6-5-11(25-15)7-21-8-13-16(22)20-9-18(13,10-21)17(23)24/h1-6,13H,7-10H2,(H,20,22)(H,23,24)/t13-,18+/m1/s1. The average molecular weight is 344 g/mol.